The Morgan fingerprint density at radius 2 is 2.05 bits per heavy atom. The van der Waals surface area contributed by atoms with Crippen LogP contribution in [0.4, 0.5) is 0 Å². The third-order valence-electron chi connectivity index (χ3n) is 4.32. The highest BCUT2D eigenvalue weighted by Crippen LogP contribution is 2.52. The molecule has 1 N–H and O–H groups in total. The van der Waals surface area contributed by atoms with E-state index in [1.54, 1.807) is 0 Å². The van der Waals surface area contributed by atoms with Crippen molar-refractivity contribution in [3.63, 3.8) is 0 Å². The third-order valence-corrected chi connectivity index (χ3v) is 4.32. The van der Waals surface area contributed by atoms with Crippen LogP contribution >= 0.6 is 0 Å². The average molecular weight is 285 g/mol. The van der Waals surface area contributed by atoms with Gasteiger partial charge in [0, 0.05) is 12.5 Å². The van der Waals surface area contributed by atoms with Crippen molar-refractivity contribution < 1.29 is 4.52 Å². The minimum absolute atomic E-state index is 0.0102. The van der Waals surface area contributed by atoms with Crippen LogP contribution in [-0.4, -0.2) is 22.7 Å². The Hall–Kier alpha value is -1.68. The Balaban J connectivity index is 1.68. The van der Waals surface area contributed by atoms with Crippen LogP contribution in [0.15, 0.2) is 34.9 Å². The highest BCUT2D eigenvalue weighted by Gasteiger charge is 2.49. The predicted molar refractivity (Wildman–Crippen MR) is 82.2 cm³/mol. The molecule has 0 bridgehead atoms. The van der Waals surface area contributed by atoms with Crippen molar-refractivity contribution in [1.29, 1.82) is 0 Å². The van der Waals surface area contributed by atoms with Crippen LogP contribution < -0.4 is 5.32 Å². The van der Waals surface area contributed by atoms with Gasteiger partial charge in [0.1, 0.15) is 0 Å². The van der Waals surface area contributed by atoms with Gasteiger partial charge in [-0.3, -0.25) is 0 Å². The molecule has 1 heterocycles. The first kappa shape index (κ1) is 14.3. The van der Waals surface area contributed by atoms with Gasteiger partial charge in [-0.25, -0.2) is 0 Å². The molecular weight excluding hydrogens is 262 g/mol. The molecule has 112 valence electrons. The first-order valence-electron chi connectivity index (χ1n) is 7.86. The molecule has 0 saturated heterocycles. The van der Waals surface area contributed by atoms with Crippen LogP contribution in [0.1, 0.15) is 50.4 Å². The molecule has 0 radical (unpaired) electrons. The van der Waals surface area contributed by atoms with E-state index in [1.165, 1.54) is 5.56 Å². The first-order valence-corrected chi connectivity index (χ1v) is 7.86. The predicted octanol–water partition coefficient (Wildman–Crippen LogP) is 3.08. The number of aromatic nitrogens is 2. The Kier molecular flexibility index (Phi) is 4.06. The molecule has 0 aliphatic heterocycles. The second-order valence-corrected chi connectivity index (χ2v) is 5.96. The van der Waals surface area contributed by atoms with Crippen molar-refractivity contribution in [2.45, 2.75) is 51.0 Å². The number of hydrogen-bond acceptors (Lipinski definition) is 4. The molecule has 3 rings (SSSR count). The lowest BCUT2D eigenvalue weighted by atomic mass is 9.95. The summed E-state index contributed by atoms with van der Waals surface area (Å²) in [6.45, 7) is 5.30. The van der Waals surface area contributed by atoms with E-state index in [4.69, 9.17) is 4.52 Å². The van der Waals surface area contributed by atoms with E-state index in [2.05, 4.69) is 53.6 Å². The van der Waals surface area contributed by atoms with Crippen molar-refractivity contribution in [2.75, 3.05) is 6.54 Å². The molecule has 4 nitrogen and oxygen atoms in total. The van der Waals surface area contributed by atoms with Gasteiger partial charge >= 0.3 is 0 Å². The Bertz CT molecular complexity index is 575. The molecule has 21 heavy (non-hydrogen) atoms. The Morgan fingerprint density at radius 1 is 1.29 bits per heavy atom. The number of aryl methyl sites for hydroxylation is 1. The summed E-state index contributed by atoms with van der Waals surface area (Å²) in [7, 11) is 0. The fourth-order valence-corrected chi connectivity index (χ4v) is 2.86. The maximum Gasteiger partial charge on any atom is 0.226 e. The van der Waals surface area contributed by atoms with Gasteiger partial charge in [0.15, 0.2) is 5.82 Å². The number of nitrogens with one attached hydrogen (secondary N) is 1. The van der Waals surface area contributed by atoms with Crippen molar-refractivity contribution in [3.8, 4) is 0 Å². The maximum absolute atomic E-state index is 5.45. The highest BCUT2D eigenvalue weighted by molar-refractivity contribution is 5.38. The lowest BCUT2D eigenvalue weighted by Crippen LogP contribution is -2.25. The Labute approximate surface area is 126 Å². The molecule has 1 aliphatic carbocycles. The molecule has 1 unspecified atom stereocenters. The molecular formula is C17H23N3O. The molecule has 2 aromatic rings. The molecule has 1 aliphatic rings. The zero-order valence-electron chi connectivity index (χ0n) is 12.8. The van der Waals surface area contributed by atoms with Crippen molar-refractivity contribution in [3.05, 3.63) is 47.6 Å². The Morgan fingerprint density at radius 3 is 2.71 bits per heavy atom. The summed E-state index contributed by atoms with van der Waals surface area (Å²) in [5, 5.41) is 7.65. The second kappa shape index (κ2) is 5.98. The van der Waals surface area contributed by atoms with Gasteiger partial charge in [-0.05, 0) is 38.3 Å². The summed E-state index contributed by atoms with van der Waals surface area (Å²) in [6.07, 6.45) is 4.09. The maximum atomic E-state index is 5.45. The van der Waals surface area contributed by atoms with E-state index in [0.717, 1.165) is 43.9 Å². The van der Waals surface area contributed by atoms with E-state index >= 15 is 0 Å². The minimum atomic E-state index is 0.0102. The van der Waals surface area contributed by atoms with Gasteiger partial charge in [-0.2, -0.15) is 4.98 Å². The van der Waals surface area contributed by atoms with Crippen LogP contribution in [0.3, 0.4) is 0 Å². The smallest absolute Gasteiger partial charge is 0.226 e. The summed E-state index contributed by atoms with van der Waals surface area (Å²) in [6, 6.07) is 11.0. The number of hydrogen-bond donors (Lipinski definition) is 1. The van der Waals surface area contributed by atoms with Crippen molar-refractivity contribution >= 4 is 0 Å². The molecule has 0 amide bonds. The molecule has 1 aromatic carbocycles. The quantitative estimate of drug-likeness (QED) is 0.849. The summed E-state index contributed by atoms with van der Waals surface area (Å²) in [4.78, 5) is 4.65. The van der Waals surface area contributed by atoms with Gasteiger partial charge in [0.05, 0.1) is 5.41 Å². The lowest BCUT2D eigenvalue weighted by Gasteiger charge is -2.10. The largest absolute Gasteiger partial charge is 0.339 e. The first-order chi connectivity index (χ1) is 10.2. The zero-order valence-corrected chi connectivity index (χ0v) is 12.8. The highest BCUT2D eigenvalue weighted by atomic mass is 16.5. The standard InChI is InChI=1S/C17H23N3O/c1-3-18-13(2)9-10-15-19-16(20-21-15)17(11-12-17)14-7-5-4-6-8-14/h4-8,13,18H,3,9-12H2,1-2H3. The van der Waals surface area contributed by atoms with Crippen LogP contribution in [0, 0.1) is 0 Å². The van der Waals surface area contributed by atoms with Gasteiger partial charge in [-0.15, -0.1) is 0 Å². The van der Waals surface area contributed by atoms with Crippen LogP contribution in [0.2, 0.25) is 0 Å². The SMILES string of the molecule is CCNC(C)CCc1nc(C2(c3ccccc3)CC2)no1. The fourth-order valence-electron chi connectivity index (χ4n) is 2.86. The van der Waals surface area contributed by atoms with Crippen molar-refractivity contribution in [1.82, 2.24) is 15.5 Å². The zero-order chi connectivity index (χ0) is 14.7. The normalized spacial score (nSPS) is 17.6. The summed E-state index contributed by atoms with van der Waals surface area (Å²) < 4.78 is 5.45. The number of rotatable bonds is 7. The fraction of sp³-hybridized carbons (Fsp3) is 0.529. The monoisotopic (exact) mass is 285 g/mol. The number of nitrogens with zero attached hydrogens (tertiary/aromatic N) is 2. The molecule has 1 aromatic heterocycles. The minimum Gasteiger partial charge on any atom is -0.339 e. The second-order valence-electron chi connectivity index (χ2n) is 5.96. The third kappa shape index (κ3) is 3.00. The number of benzene rings is 1. The molecule has 4 heteroatoms. The average Bonchev–Trinajstić information content (AvgIpc) is 3.19. The van der Waals surface area contributed by atoms with Crippen molar-refractivity contribution in [2.24, 2.45) is 0 Å². The van der Waals surface area contributed by atoms with Crippen LogP contribution in [0.25, 0.3) is 0 Å². The topological polar surface area (TPSA) is 51.0 Å². The molecule has 1 saturated carbocycles. The van der Waals surface area contributed by atoms with Gasteiger partial charge in [-0.1, -0.05) is 42.4 Å². The summed E-state index contributed by atoms with van der Waals surface area (Å²) in [5.74, 6) is 1.62. The van der Waals surface area contributed by atoms with Gasteiger partial charge in [0.25, 0.3) is 0 Å². The summed E-state index contributed by atoms with van der Waals surface area (Å²) >= 11 is 0. The van der Waals surface area contributed by atoms with E-state index in [1.807, 2.05) is 6.07 Å². The van der Waals surface area contributed by atoms with E-state index in [0.29, 0.717) is 6.04 Å². The van der Waals surface area contributed by atoms with Gasteiger partial charge < -0.3 is 9.84 Å². The van der Waals surface area contributed by atoms with E-state index in [-0.39, 0.29) is 5.41 Å². The van der Waals surface area contributed by atoms with Crippen LogP contribution in [0.5, 0.6) is 0 Å². The molecule has 1 atom stereocenters. The molecule has 0 spiro atoms. The molecule has 1 fully saturated rings. The van der Waals surface area contributed by atoms with Crippen LogP contribution in [-0.2, 0) is 11.8 Å². The van der Waals surface area contributed by atoms with E-state index in [9.17, 15) is 0 Å². The lowest BCUT2D eigenvalue weighted by molar-refractivity contribution is 0.361. The summed E-state index contributed by atoms with van der Waals surface area (Å²) in [5.41, 5.74) is 1.31. The van der Waals surface area contributed by atoms with E-state index < -0.39 is 0 Å². The van der Waals surface area contributed by atoms with Gasteiger partial charge in [0.2, 0.25) is 5.89 Å².